The summed E-state index contributed by atoms with van der Waals surface area (Å²) in [7, 11) is 0. The fourth-order valence-corrected chi connectivity index (χ4v) is 5.10. The molecule has 18 heavy (non-hydrogen) atoms. The van der Waals surface area contributed by atoms with Gasteiger partial charge in [0.25, 0.3) is 0 Å². The van der Waals surface area contributed by atoms with Gasteiger partial charge in [-0.15, -0.1) is 0 Å². The minimum atomic E-state index is 0.294. The van der Waals surface area contributed by atoms with Crippen molar-refractivity contribution in [2.45, 2.75) is 6.92 Å². The molecule has 88 valence electrons. The van der Waals surface area contributed by atoms with Crippen LogP contribution in [0.4, 0.5) is 0 Å². The van der Waals surface area contributed by atoms with Gasteiger partial charge in [-0.25, -0.2) is 0 Å². The zero-order valence-electron chi connectivity index (χ0n) is 9.64. The summed E-state index contributed by atoms with van der Waals surface area (Å²) in [5, 5.41) is 2.06. The van der Waals surface area contributed by atoms with Crippen molar-refractivity contribution in [3.05, 3.63) is 47.1 Å². The minimum absolute atomic E-state index is 0.294. The molecule has 0 aliphatic rings. The first-order valence-corrected chi connectivity index (χ1v) is 7.78. The van der Waals surface area contributed by atoms with E-state index in [0.29, 0.717) is 14.5 Å². The van der Waals surface area contributed by atoms with E-state index >= 15 is 0 Å². The Hall–Kier alpha value is -1.28. The Morgan fingerprint density at radius 2 is 2.17 bits per heavy atom. The van der Waals surface area contributed by atoms with Gasteiger partial charge in [0.05, 0.1) is 0 Å². The van der Waals surface area contributed by atoms with E-state index in [1.807, 2.05) is 6.07 Å². The Morgan fingerprint density at radius 1 is 1.28 bits per heavy atom. The second-order valence-electron chi connectivity index (χ2n) is 4.39. The topological polar surface area (TPSA) is 17.3 Å². The number of nitrogens with zero attached hydrogens (tertiary/aromatic N) is 2. The number of aromatic nitrogens is 2. The molecule has 4 heteroatoms. The molecule has 0 saturated heterocycles. The quantitative estimate of drug-likeness (QED) is 0.452. The molecule has 0 amide bonds. The van der Waals surface area contributed by atoms with Gasteiger partial charge in [0, 0.05) is 0 Å². The summed E-state index contributed by atoms with van der Waals surface area (Å²) in [4.78, 5) is 4.80. The van der Waals surface area contributed by atoms with E-state index in [4.69, 9.17) is 16.6 Å². The van der Waals surface area contributed by atoms with Gasteiger partial charge >= 0.3 is 115 Å². The van der Waals surface area contributed by atoms with Crippen molar-refractivity contribution in [2.75, 3.05) is 0 Å². The van der Waals surface area contributed by atoms with Gasteiger partial charge in [-0.1, -0.05) is 0 Å². The van der Waals surface area contributed by atoms with Crippen LogP contribution in [0, 0.1) is 6.92 Å². The first-order valence-electron chi connectivity index (χ1n) is 5.69. The second kappa shape index (κ2) is 3.61. The van der Waals surface area contributed by atoms with E-state index in [-0.39, 0.29) is 0 Å². The molecule has 2 nitrogen and oxygen atoms in total. The molecule has 0 aliphatic carbocycles. The monoisotopic (exact) mass is 320 g/mol. The molecule has 0 spiro atoms. The van der Waals surface area contributed by atoms with E-state index in [2.05, 4.69) is 41.8 Å². The summed E-state index contributed by atoms with van der Waals surface area (Å²) < 4.78 is 4.89. The van der Waals surface area contributed by atoms with Crippen LogP contribution in [0.3, 0.4) is 0 Å². The molecule has 4 aromatic rings. The molecule has 0 unspecified atom stereocenters. The van der Waals surface area contributed by atoms with Crippen molar-refractivity contribution in [2.24, 2.45) is 0 Å². The Bertz CT molecular complexity index is 904. The Balaban J connectivity index is 2.28. The zero-order valence-corrected chi connectivity index (χ0v) is 12.1. The molecule has 0 radical (unpaired) electrons. The number of benzene rings is 1. The molecule has 0 aliphatic heterocycles. The summed E-state index contributed by atoms with van der Waals surface area (Å²) in [6.45, 7) is 2.10. The fourth-order valence-electron chi connectivity index (χ4n) is 2.34. The SMILES string of the molecule is Cc1cccn2c1nc1c3ccc(Cl)cc3[se]c12. The van der Waals surface area contributed by atoms with E-state index < -0.39 is 0 Å². The van der Waals surface area contributed by atoms with Gasteiger partial charge in [0.2, 0.25) is 0 Å². The molecular formula is C14H9ClN2Se. The maximum atomic E-state index is 6.06. The molecule has 3 heterocycles. The second-order valence-corrected chi connectivity index (χ2v) is 6.99. The number of aryl methyl sites for hydroxylation is 1. The number of fused-ring (bicyclic) bond motifs is 5. The van der Waals surface area contributed by atoms with Crippen molar-refractivity contribution in [3.8, 4) is 0 Å². The van der Waals surface area contributed by atoms with Crippen molar-refractivity contribution in [1.29, 1.82) is 0 Å². The Morgan fingerprint density at radius 3 is 3.06 bits per heavy atom. The van der Waals surface area contributed by atoms with Gasteiger partial charge in [-0.05, 0) is 0 Å². The Kier molecular flexibility index (Phi) is 2.13. The van der Waals surface area contributed by atoms with Crippen LogP contribution in [0.5, 0.6) is 0 Å². The number of rotatable bonds is 0. The molecule has 4 rings (SSSR count). The summed E-state index contributed by atoms with van der Waals surface area (Å²) in [5.41, 5.74) is 3.43. The van der Waals surface area contributed by atoms with Crippen molar-refractivity contribution in [1.82, 2.24) is 9.38 Å². The molecule has 0 atom stereocenters. The average Bonchev–Trinajstić information content (AvgIpc) is 2.86. The average molecular weight is 320 g/mol. The van der Waals surface area contributed by atoms with E-state index in [1.54, 1.807) is 0 Å². The number of hydrogen-bond donors (Lipinski definition) is 0. The van der Waals surface area contributed by atoms with Crippen LogP contribution in [-0.4, -0.2) is 23.9 Å². The molecular weight excluding hydrogens is 311 g/mol. The van der Waals surface area contributed by atoms with Crippen LogP contribution in [-0.2, 0) is 0 Å². The number of halogens is 1. The summed E-state index contributed by atoms with van der Waals surface area (Å²) in [6, 6.07) is 10.3. The van der Waals surface area contributed by atoms with E-state index in [0.717, 1.165) is 16.2 Å². The summed E-state index contributed by atoms with van der Waals surface area (Å²) in [5.74, 6) is 0. The number of hydrogen-bond acceptors (Lipinski definition) is 1. The first-order chi connectivity index (χ1) is 8.74. The molecule has 0 fully saturated rings. The van der Waals surface area contributed by atoms with Crippen LogP contribution in [0.15, 0.2) is 36.5 Å². The third kappa shape index (κ3) is 1.33. The zero-order chi connectivity index (χ0) is 12.3. The van der Waals surface area contributed by atoms with Crippen molar-refractivity contribution >= 4 is 51.3 Å². The maximum absolute atomic E-state index is 6.06. The molecule has 0 bridgehead atoms. The van der Waals surface area contributed by atoms with Crippen LogP contribution in [0.2, 0.25) is 5.02 Å². The van der Waals surface area contributed by atoms with Crippen LogP contribution in [0.25, 0.3) is 25.2 Å². The third-order valence-corrected chi connectivity index (χ3v) is 5.84. The predicted octanol–water partition coefficient (Wildman–Crippen LogP) is 3.66. The molecule has 0 saturated carbocycles. The number of imidazole rings is 1. The molecule has 1 aromatic carbocycles. The van der Waals surface area contributed by atoms with Gasteiger partial charge in [-0.3, -0.25) is 0 Å². The fraction of sp³-hybridized carbons (Fsp3) is 0.0714. The van der Waals surface area contributed by atoms with E-state index in [1.165, 1.54) is 19.6 Å². The van der Waals surface area contributed by atoms with Crippen LogP contribution >= 0.6 is 11.6 Å². The number of pyridine rings is 1. The van der Waals surface area contributed by atoms with Crippen LogP contribution < -0.4 is 0 Å². The first kappa shape index (κ1) is 10.6. The normalized spacial score (nSPS) is 11.9. The van der Waals surface area contributed by atoms with Crippen molar-refractivity contribution in [3.63, 3.8) is 0 Å². The Labute approximate surface area is 115 Å². The van der Waals surface area contributed by atoms with Gasteiger partial charge in [0.1, 0.15) is 0 Å². The third-order valence-electron chi connectivity index (χ3n) is 3.21. The van der Waals surface area contributed by atoms with Crippen LogP contribution in [0.1, 0.15) is 5.56 Å². The van der Waals surface area contributed by atoms with Gasteiger partial charge in [-0.2, -0.15) is 0 Å². The standard InChI is InChI=1S/C14H9ClN2Se/c1-8-3-2-6-17-13(8)16-12-10-5-4-9(15)7-11(10)18-14(12)17/h2-7H,1H3. The summed E-state index contributed by atoms with van der Waals surface area (Å²) in [6.07, 6.45) is 2.10. The summed E-state index contributed by atoms with van der Waals surface area (Å²) >= 11 is 6.35. The predicted molar refractivity (Wildman–Crippen MR) is 76.9 cm³/mol. The van der Waals surface area contributed by atoms with Gasteiger partial charge < -0.3 is 0 Å². The molecule has 3 aromatic heterocycles. The van der Waals surface area contributed by atoms with Crippen molar-refractivity contribution < 1.29 is 0 Å². The van der Waals surface area contributed by atoms with Gasteiger partial charge in [0.15, 0.2) is 0 Å². The molecule has 0 N–H and O–H groups in total. The van der Waals surface area contributed by atoms with E-state index in [9.17, 15) is 0 Å².